The fraction of sp³-hybridized carbons (Fsp3) is 0.364. The molecule has 2 heterocycles. The van der Waals surface area contributed by atoms with Crippen molar-refractivity contribution in [3.05, 3.63) is 33.8 Å². The molecule has 0 amide bonds. The summed E-state index contributed by atoms with van der Waals surface area (Å²) in [5.41, 5.74) is 2.56. The van der Waals surface area contributed by atoms with Crippen molar-refractivity contribution in [3.8, 4) is 5.82 Å². The molecule has 2 aromatic rings. The van der Waals surface area contributed by atoms with E-state index in [0.717, 1.165) is 22.2 Å². The molecule has 0 bridgehead atoms. The molecule has 0 spiro atoms. The van der Waals surface area contributed by atoms with E-state index in [1.807, 2.05) is 12.5 Å². The fourth-order valence-electron chi connectivity index (χ4n) is 2.14. The molecule has 2 aromatic heterocycles. The van der Waals surface area contributed by atoms with Gasteiger partial charge in [-0.05, 0) is 48.3 Å². The lowest BCUT2D eigenvalue weighted by Crippen LogP contribution is -2.09. The zero-order chi connectivity index (χ0) is 11.0. The standard InChI is InChI=1S/C11H11IN4/c12-8-5-13-6-14-11(8)16-7-15-9-3-1-2-4-10(9)16/h5-7H,1-4H2. The van der Waals surface area contributed by atoms with Crippen LogP contribution in [-0.4, -0.2) is 19.5 Å². The minimum Gasteiger partial charge on any atom is -0.286 e. The summed E-state index contributed by atoms with van der Waals surface area (Å²) < 4.78 is 3.17. The second kappa shape index (κ2) is 4.12. The van der Waals surface area contributed by atoms with Crippen LogP contribution in [-0.2, 0) is 12.8 Å². The van der Waals surface area contributed by atoms with Gasteiger partial charge in [-0.25, -0.2) is 15.0 Å². The maximum atomic E-state index is 4.47. The van der Waals surface area contributed by atoms with Gasteiger partial charge in [-0.2, -0.15) is 0 Å². The summed E-state index contributed by atoms with van der Waals surface area (Å²) in [7, 11) is 0. The first-order valence-electron chi connectivity index (χ1n) is 5.37. The molecule has 0 aliphatic heterocycles. The Morgan fingerprint density at radius 3 is 2.94 bits per heavy atom. The zero-order valence-corrected chi connectivity index (χ0v) is 10.9. The van der Waals surface area contributed by atoms with Crippen molar-refractivity contribution in [3.63, 3.8) is 0 Å². The maximum absolute atomic E-state index is 4.47. The number of aryl methyl sites for hydroxylation is 1. The lowest BCUT2D eigenvalue weighted by molar-refractivity contribution is 0.653. The Morgan fingerprint density at radius 1 is 1.19 bits per heavy atom. The van der Waals surface area contributed by atoms with Gasteiger partial charge in [0.05, 0.1) is 9.26 Å². The molecular weight excluding hydrogens is 315 g/mol. The maximum Gasteiger partial charge on any atom is 0.155 e. The molecule has 0 N–H and O–H groups in total. The van der Waals surface area contributed by atoms with Crippen LogP contribution in [0, 0.1) is 3.57 Å². The summed E-state index contributed by atoms with van der Waals surface area (Å²) in [5, 5.41) is 0. The molecule has 3 rings (SSSR count). The van der Waals surface area contributed by atoms with E-state index in [4.69, 9.17) is 0 Å². The molecule has 16 heavy (non-hydrogen) atoms. The highest BCUT2D eigenvalue weighted by atomic mass is 127. The van der Waals surface area contributed by atoms with E-state index in [2.05, 4.69) is 42.1 Å². The van der Waals surface area contributed by atoms with E-state index in [9.17, 15) is 0 Å². The second-order valence-corrected chi connectivity index (χ2v) is 5.07. The van der Waals surface area contributed by atoms with Gasteiger partial charge in [-0.15, -0.1) is 0 Å². The van der Waals surface area contributed by atoms with Crippen molar-refractivity contribution < 1.29 is 0 Å². The van der Waals surface area contributed by atoms with Crippen molar-refractivity contribution in [2.75, 3.05) is 0 Å². The Kier molecular flexibility index (Phi) is 2.62. The predicted octanol–water partition coefficient (Wildman–Crippen LogP) is 2.15. The molecule has 1 aliphatic rings. The van der Waals surface area contributed by atoms with Crippen LogP contribution in [0.4, 0.5) is 0 Å². The molecule has 0 aromatic carbocycles. The van der Waals surface area contributed by atoms with E-state index < -0.39 is 0 Å². The summed E-state index contributed by atoms with van der Waals surface area (Å²) >= 11 is 2.26. The van der Waals surface area contributed by atoms with Gasteiger partial charge in [0.1, 0.15) is 12.7 Å². The van der Waals surface area contributed by atoms with E-state index in [-0.39, 0.29) is 0 Å². The summed E-state index contributed by atoms with van der Waals surface area (Å²) in [6.45, 7) is 0. The molecule has 5 heteroatoms. The monoisotopic (exact) mass is 326 g/mol. The number of nitrogens with zero attached hydrogens (tertiary/aromatic N) is 4. The smallest absolute Gasteiger partial charge is 0.155 e. The largest absolute Gasteiger partial charge is 0.286 e. The highest BCUT2D eigenvalue weighted by Gasteiger charge is 2.17. The van der Waals surface area contributed by atoms with E-state index >= 15 is 0 Å². The third-order valence-corrected chi connectivity index (χ3v) is 3.67. The molecular formula is C11H11IN4. The Bertz CT molecular complexity index is 520. The van der Waals surface area contributed by atoms with Crippen molar-refractivity contribution >= 4 is 22.6 Å². The van der Waals surface area contributed by atoms with Gasteiger partial charge < -0.3 is 0 Å². The Balaban J connectivity index is 2.13. The van der Waals surface area contributed by atoms with Crippen LogP contribution in [0.5, 0.6) is 0 Å². The van der Waals surface area contributed by atoms with Gasteiger partial charge >= 0.3 is 0 Å². The quantitative estimate of drug-likeness (QED) is 0.754. The lowest BCUT2D eigenvalue weighted by Gasteiger charge is -2.13. The first-order valence-corrected chi connectivity index (χ1v) is 6.45. The van der Waals surface area contributed by atoms with Crippen molar-refractivity contribution in [1.82, 2.24) is 19.5 Å². The van der Waals surface area contributed by atoms with Crippen LogP contribution in [0.3, 0.4) is 0 Å². The van der Waals surface area contributed by atoms with Crippen LogP contribution in [0.2, 0.25) is 0 Å². The number of imidazole rings is 1. The number of aromatic nitrogens is 4. The van der Waals surface area contributed by atoms with Crippen molar-refractivity contribution in [2.24, 2.45) is 0 Å². The first kappa shape index (κ1) is 10.2. The second-order valence-electron chi connectivity index (χ2n) is 3.91. The minimum absolute atomic E-state index is 0.950. The summed E-state index contributed by atoms with van der Waals surface area (Å²) in [5.74, 6) is 0.950. The summed E-state index contributed by atoms with van der Waals surface area (Å²) in [4.78, 5) is 12.8. The van der Waals surface area contributed by atoms with Crippen LogP contribution < -0.4 is 0 Å². The van der Waals surface area contributed by atoms with Gasteiger partial charge in [0, 0.05) is 11.9 Å². The van der Waals surface area contributed by atoms with Gasteiger partial charge in [0.2, 0.25) is 0 Å². The Labute approximate surface area is 107 Å². The topological polar surface area (TPSA) is 43.6 Å². The lowest BCUT2D eigenvalue weighted by atomic mass is 10.0. The number of fused-ring (bicyclic) bond motifs is 1. The highest BCUT2D eigenvalue weighted by Crippen LogP contribution is 2.23. The van der Waals surface area contributed by atoms with Crippen molar-refractivity contribution in [1.29, 1.82) is 0 Å². The molecule has 0 unspecified atom stereocenters. The number of rotatable bonds is 1. The third kappa shape index (κ3) is 1.63. The molecule has 0 saturated heterocycles. The van der Waals surface area contributed by atoms with Crippen LogP contribution in [0.25, 0.3) is 5.82 Å². The molecule has 0 atom stereocenters. The fourth-order valence-corrected chi connectivity index (χ4v) is 2.70. The van der Waals surface area contributed by atoms with E-state index in [1.165, 1.54) is 24.2 Å². The van der Waals surface area contributed by atoms with Crippen molar-refractivity contribution in [2.45, 2.75) is 25.7 Å². The average molecular weight is 326 g/mol. The number of hydrogen-bond acceptors (Lipinski definition) is 3. The summed E-state index contributed by atoms with van der Waals surface area (Å²) in [6, 6.07) is 0. The number of hydrogen-bond donors (Lipinski definition) is 0. The normalized spacial score (nSPS) is 14.8. The van der Waals surface area contributed by atoms with Gasteiger partial charge in [-0.1, -0.05) is 0 Å². The SMILES string of the molecule is Ic1cncnc1-n1cnc2c1CCCC2. The molecule has 82 valence electrons. The predicted molar refractivity (Wildman–Crippen MR) is 68.5 cm³/mol. The molecule has 0 fully saturated rings. The Hall–Kier alpha value is -0.980. The van der Waals surface area contributed by atoms with Gasteiger partial charge in [-0.3, -0.25) is 4.57 Å². The molecule has 0 saturated carbocycles. The Morgan fingerprint density at radius 2 is 2.06 bits per heavy atom. The molecule has 1 aliphatic carbocycles. The minimum atomic E-state index is 0.950. The zero-order valence-electron chi connectivity index (χ0n) is 8.73. The highest BCUT2D eigenvalue weighted by molar-refractivity contribution is 14.1. The number of halogens is 1. The van der Waals surface area contributed by atoms with E-state index in [1.54, 1.807) is 6.33 Å². The average Bonchev–Trinajstić information content (AvgIpc) is 2.74. The van der Waals surface area contributed by atoms with Gasteiger partial charge in [0.25, 0.3) is 0 Å². The first-order chi connectivity index (χ1) is 7.86. The van der Waals surface area contributed by atoms with Crippen LogP contribution in [0.15, 0.2) is 18.9 Å². The third-order valence-electron chi connectivity index (χ3n) is 2.91. The van der Waals surface area contributed by atoms with Crippen LogP contribution in [0.1, 0.15) is 24.2 Å². The van der Waals surface area contributed by atoms with E-state index in [0.29, 0.717) is 0 Å². The molecule has 4 nitrogen and oxygen atoms in total. The molecule has 0 radical (unpaired) electrons. The summed E-state index contributed by atoms with van der Waals surface area (Å²) in [6.07, 6.45) is 10.0. The van der Waals surface area contributed by atoms with Gasteiger partial charge in [0.15, 0.2) is 5.82 Å². The van der Waals surface area contributed by atoms with Crippen LogP contribution >= 0.6 is 22.6 Å².